The summed E-state index contributed by atoms with van der Waals surface area (Å²) >= 11 is 10.0. The van der Waals surface area contributed by atoms with Crippen LogP contribution in [0.25, 0.3) is 11.3 Å². The fourth-order valence-electron chi connectivity index (χ4n) is 2.67. The number of nitrogens with one attached hydrogen (secondary N) is 2. The molecule has 2 N–H and O–H groups in total. The fourth-order valence-corrected chi connectivity index (χ4v) is 4.97. The van der Waals surface area contributed by atoms with Crippen molar-refractivity contribution in [1.29, 1.82) is 0 Å². The van der Waals surface area contributed by atoms with Crippen LogP contribution in [0.15, 0.2) is 47.2 Å². The molecule has 0 unspecified atom stereocenters. The normalized spacial score (nSPS) is 10.7. The number of thiophene rings is 1. The first-order valence-corrected chi connectivity index (χ1v) is 11.8. The number of carbonyl (C=O) groups excluding carboxylic acids is 2. The Bertz CT molecular complexity index is 1180. The molecule has 4 aromatic rings. The molecule has 1 aromatic carbocycles. The van der Waals surface area contributed by atoms with Crippen LogP contribution in [0.2, 0.25) is 5.02 Å². The number of aryl methyl sites for hydroxylation is 1. The number of hydrogen-bond acceptors (Lipinski definition) is 7. The van der Waals surface area contributed by atoms with E-state index < -0.39 is 0 Å². The highest BCUT2D eigenvalue weighted by Crippen LogP contribution is 2.31. The Morgan fingerprint density at radius 2 is 1.83 bits per heavy atom. The van der Waals surface area contributed by atoms with Crippen LogP contribution >= 0.6 is 45.6 Å². The van der Waals surface area contributed by atoms with Gasteiger partial charge in [0.05, 0.1) is 22.7 Å². The van der Waals surface area contributed by atoms with Crippen molar-refractivity contribution in [3.63, 3.8) is 0 Å². The topological polar surface area (TPSA) is 84.0 Å². The lowest BCUT2D eigenvalue weighted by Gasteiger charge is -2.00. The largest absolute Gasteiger partial charge is 0.302 e. The van der Waals surface area contributed by atoms with Gasteiger partial charge >= 0.3 is 0 Å². The summed E-state index contributed by atoms with van der Waals surface area (Å²) in [5, 5.41) is 10.8. The van der Waals surface area contributed by atoms with Crippen LogP contribution in [-0.2, 0) is 11.2 Å². The SMILES string of the molecule is Cc1sc(NC(=O)Cc2csc(NC(=O)c3cccs3)n2)nc1-c1ccc(Cl)cc1. The van der Waals surface area contributed by atoms with E-state index in [4.69, 9.17) is 11.6 Å². The van der Waals surface area contributed by atoms with Crippen LogP contribution in [0.4, 0.5) is 10.3 Å². The van der Waals surface area contributed by atoms with E-state index in [2.05, 4.69) is 20.6 Å². The maximum atomic E-state index is 12.4. The van der Waals surface area contributed by atoms with Crippen molar-refractivity contribution in [3.05, 3.63) is 67.6 Å². The van der Waals surface area contributed by atoms with E-state index in [9.17, 15) is 9.59 Å². The molecule has 2 amide bonds. The predicted octanol–water partition coefficient (Wildman–Crippen LogP) is 5.72. The highest BCUT2D eigenvalue weighted by molar-refractivity contribution is 7.16. The third-order valence-corrected chi connectivity index (χ3v) is 6.83. The predicted molar refractivity (Wildman–Crippen MR) is 124 cm³/mol. The van der Waals surface area contributed by atoms with Crippen molar-refractivity contribution in [1.82, 2.24) is 9.97 Å². The molecule has 10 heteroatoms. The first-order chi connectivity index (χ1) is 14.5. The van der Waals surface area contributed by atoms with Gasteiger partial charge in [0.15, 0.2) is 10.3 Å². The summed E-state index contributed by atoms with van der Waals surface area (Å²) in [7, 11) is 0. The molecule has 3 heterocycles. The Hall–Kier alpha value is -2.59. The van der Waals surface area contributed by atoms with Crippen molar-refractivity contribution in [3.8, 4) is 11.3 Å². The summed E-state index contributed by atoms with van der Waals surface area (Å²) in [5.74, 6) is -0.420. The van der Waals surface area contributed by atoms with Crippen molar-refractivity contribution in [2.45, 2.75) is 13.3 Å². The summed E-state index contributed by atoms with van der Waals surface area (Å²) in [5.41, 5.74) is 2.35. The van der Waals surface area contributed by atoms with Gasteiger partial charge in [0.2, 0.25) is 5.91 Å². The van der Waals surface area contributed by atoms with Gasteiger partial charge in [-0.2, -0.15) is 0 Å². The number of thiazole rings is 2. The molecule has 3 aromatic heterocycles. The smallest absolute Gasteiger partial charge is 0.267 e. The van der Waals surface area contributed by atoms with Crippen molar-refractivity contribution in [2.24, 2.45) is 0 Å². The van der Waals surface area contributed by atoms with E-state index in [0.717, 1.165) is 16.1 Å². The van der Waals surface area contributed by atoms with Crippen LogP contribution < -0.4 is 10.6 Å². The van der Waals surface area contributed by atoms with Gasteiger partial charge in [0, 0.05) is 20.8 Å². The number of aromatic nitrogens is 2. The van der Waals surface area contributed by atoms with E-state index in [1.165, 1.54) is 34.0 Å². The second-order valence-electron chi connectivity index (χ2n) is 6.23. The van der Waals surface area contributed by atoms with E-state index >= 15 is 0 Å². The minimum Gasteiger partial charge on any atom is -0.302 e. The van der Waals surface area contributed by atoms with Crippen LogP contribution in [0.5, 0.6) is 0 Å². The van der Waals surface area contributed by atoms with Crippen molar-refractivity contribution in [2.75, 3.05) is 10.6 Å². The van der Waals surface area contributed by atoms with E-state index in [0.29, 0.717) is 25.9 Å². The lowest BCUT2D eigenvalue weighted by Crippen LogP contribution is -2.15. The molecule has 0 saturated heterocycles. The Morgan fingerprint density at radius 3 is 2.57 bits per heavy atom. The summed E-state index contributed by atoms with van der Waals surface area (Å²) in [4.78, 5) is 35.0. The molecule has 0 aliphatic heterocycles. The summed E-state index contributed by atoms with van der Waals surface area (Å²) in [6.45, 7) is 1.96. The number of halogens is 1. The molecule has 0 fully saturated rings. The molecule has 0 aliphatic rings. The van der Waals surface area contributed by atoms with Crippen LogP contribution in [-0.4, -0.2) is 21.8 Å². The Morgan fingerprint density at radius 1 is 1.03 bits per heavy atom. The lowest BCUT2D eigenvalue weighted by molar-refractivity contribution is -0.115. The van der Waals surface area contributed by atoms with Crippen LogP contribution in [0.1, 0.15) is 20.2 Å². The molecule has 4 rings (SSSR count). The van der Waals surface area contributed by atoms with Crippen LogP contribution in [0.3, 0.4) is 0 Å². The quantitative estimate of drug-likeness (QED) is 0.374. The summed E-state index contributed by atoms with van der Waals surface area (Å²) in [6.07, 6.45) is 0.0975. The lowest BCUT2D eigenvalue weighted by atomic mass is 10.1. The highest BCUT2D eigenvalue weighted by atomic mass is 35.5. The summed E-state index contributed by atoms with van der Waals surface area (Å²) in [6, 6.07) is 11.0. The van der Waals surface area contributed by atoms with E-state index in [1.54, 1.807) is 11.4 Å². The van der Waals surface area contributed by atoms with Gasteiger partial charge < -0.3 is 5.32 Å². The third-order valence-electron chi connectivity index (χ3n) is 4.02. The van der Waals surface area contributed by atoms with E-state index in [-0.39, 0.29) is 18.2 Å². The third kappa shape index (κ3) is 4.93. The average Bonchev–Trinajstić information content (AvgIpc) is 3.45. The molecule has 0 spiro atoms. The highest BCUT2D eigenvalue weighted by Gasteiger charge is 2.15. The van der Waals surface area contributed by atoms with E-state index in [1.807, 2.05) is 42.6 Å². The zero-order chi connectivity index (χ0) is 21.1. The van der Waals surface area contributed by atoms with Crippen molar-refractivity contribution < 1.29 is 9.59 Å². The van der Waals surface area contributed by atoms with Gasteiger partial charge in [-0.3, -0.25) is 14.9 Å². The Balaban J connectivity index is 1.37. The Kier molecular flexibility index (Phi) is 6.24. The zero-order valence-corrected chi connectivity index (χ0v) is 18.8. The number of hydrogen-bond donors (Lipinski definition) is 2. The minimum absolute atomic E-state index is 0.0975. The maximum Gasteiger partial charge on any atom is 0.267 e. The molecule has 0 bridgehead atoms. The molecule has 0 saturated carbocycles. The van der Waals surface area contributed by atoms with Gasteiger partial charge in [-0.05, 0) is 30.5 Å². The van der Waals surface area contributed by atoms with Crippen molar-refractivity contribution >= 4 is 67.7 Å². The van der Waals surface area contributed by atoms with Gasteiger partial charge in [-0.1, -0.05) is 29.8 Å². The molecule has 0 aliphatic carbocycles. The minimum atomic E-state index is -0.215. The monoisotopic (exact) mass is 474 g/mol. The van der Waals surface area contributed by atoms with Crippen LogP contribution in [0, 0.1) is 6.92 Å². The number of amides is 2. The van der Waals surface area contributed by atoms with Gasteiger partial charge in [0.1, 0.15) is 0 Å². The second-order valence-corrected chi connectivity index (χ2v) is 9.68. The number of anilines is 2. The molecule has 152 valence electrons. The molecule has 30 heavy (non-hydrogen) atoms. The zero-order valence-electron chi connectivity index (χ0n) is 15.6. The molecule has 0 atom stereocenters. The summed E-state index contributed by atoms with van der Waals surface area (Å²) < 4.78 is 0. The van der Waals surface area contributed by atoms with Gasteiger partial charge in [0.25, 0.3) is 5.91 Å². The number of rotatable bonds is 6. The van der Waals surface area contributed by atoms with Gasteiger partial charge in [-0.25, -0.2) is 9.97 Å². The molecule has 6 nitrogen and oxygen atoms in total. The first kappa shape index (κ1) is 20.7. The molecular weight excluding hydrogens is 460 g/mol. The maximum absolute atomic E-state index is 12.4. The molecular formula is C20H15ClN4O2S3. The standard InChI is InChI=1S/C20H15ClN4O2S3/c1-11-17(12-4-6-13(21)7-5-12)24-20(30-11)23-16(26)9-14-10-29-19(22-14)25-18(27)15-3-2-8-28-15/h2-8,10H,9H2,1H3,(H,22,25,27)(H,23,24,26). The molecule has 0 radical (unpaired) electrons. The average molecular weight is 475 g/mol. The fraction of sp³-hybridized carbons (Fsp3) is 0.100. The second kappa shape index (κ2) is 9.05. The number of benzene rings is 1. The Labute approximate surface area is 189 Å². The number of nitrogens with zero attached hydrogens (tertiary/aromatic N) is 2. The van der Waals surface area contributed by atoms with Gasteiger partial charge in [-0.15, -0.1) is 34.0 Å². The number of carbonyl (C=O) groups is 2. The first-order valence-electron chi connectivity index (χ1n) is 8.80.